The van der Waals surface area contributed by atoms with Crippen molar-refractivity contribution >= 4 is 22.9 Å². The number of nitrogens with zero attached hydrogens (tertiary/aromatic N) is 1. The van der Waals surface area contributed by atoms with Crippen molar-refractivity contribution in [2.24, 2.45) is 5.73 Å². The molecule has 6 heteroatoms. The molecule has 0 bridgehead atoms. The van der Waals surface area contributed by atoms with Gasteiger partial charge in [-0.15, -0.1) is 0 Å². The molecule has 2 aromatic carbocycles. The molecule has 0 aliphatic rings. The first kappa shape index (κ1) is 19.8. The zero-order valence-corrected chi connectivity index (χ0v) is 15.8. The molecule has 0 aliphatic carbocycles. The second-order valence-electron chi connectivity index (χ2n) is 6.73. The number of nitrogens with two attached hydrogens (primary N) is 1. The Morgan fingerprint density at radius 1 is 1.14 bits per heavy atom. The third kappa shape index (κ3) is 5.29. The molecule has 0 unspecified atom stereocenters. The molecule has 6 nitrogen and oxygen atoms in total. The maximum Gasteiger partial charge on any atom is 0.267 e. The number of hydroxylamine groups is 1. The molecule has 0 radical (unpaired) electrons. The zero-order valence-electron chi connectivity index (χ0n) is 15.8. The van der Waals surface area contributed by atoms with E-state index in [0.717, 1.165) is 31.6 Å². The van der Waals surface area contributed by atoms with Crippen LogP contribution in [-0.2, 0) is 17.8 Å². The molecule has 3 aromatic rings. The number of carbonyl (C=O) groups excluding carboxylic acids is 1. The Bertz CT molecular complexity index is 931. The number of hydrogen-bond acceptors (Lipinski definition) is 4. The van der Waals surface area contributed by atoms with E-state index in [0.29, 0.717) is 6.54 Å². The van der Waals surface area contributed by atoms with Gasteiger partial charge in [0.25, 0.3) is 5.91 Å². The molecule has 0 saturated heterocycles. The number of hydrogen-bond donors (Lipinski definition) is 4. The maximum absolute atomic E-state index is 11.1. The predicted octanol–water partition coefficient (Wildman–Crippen LogP) is 2.69. The van der Waals surface area contributed by atoms with E-state index in [1.54, 1.807) is 11.6 Å². The molecule has 3 rings (SSSR count). The van der Waals surface area contributed by atoms with Gasteiger partial charge < -0.3 is 10.7 Å². The average Bonchev–Trinajstić information content (AvgIpc) is 3.14. The Balaban J connectivity index is 1.61. The van der Waals surface area contributed by atoms with E-state index in [-0.39, 0.29) is 0 Å². The average molecular weight is 378 g/mol. The summed E-state index contributed by atoms with van der Waals surface area (Å²) in [5, 5.41) is 9.79. The number of H-pyrrole nitrogens is 1. The molecule has 146 valence electrons. The van der Waals surface area contributed by atoms with Gasteiger partial charge in [-0.2, -0.15) is 0 Å². The van der Waals surface area contributed by atoms with Gasteiger partial charge in [-0.3, -0.25) is 14.9 Å². The van der Waals surface area contributed by atoms with Crippen molar-refractivity contribution in [3.8, 4) is 0 Å². The summed E-state index contributed by atoms with van der Waals surface area (Å²) in [6.45, 7) is 3.20. The molecule has 0 atom stereocenters. The van der Waals surface area contributed by atoms with E-state index < -0.39 is 5.91 Å². The van der Waals surface area contributed by atoms with Crippen molar-refractivity contribution in [2.45, 2.75) is 13.0 Å². The van der Waals surface area contributed by atoms with Gasteiger partial charge in [0.15, 0.2) is 0 Å². The molecular formula is C22H26N4O2. The van der Waals surface area contributed by atoms with Crippen molar-refractivity contribution in [2.75, 3.05) is 19.6 Å². The molecule has 1 heterocycles. The topological polar surface area (TPSA) is 94.4 Å². The molecule has 28 heavy (non-hydrogen) atoms. The van der Waals surface area contributed by atoms with E-state index in [9.17, 15) is 4.79 Å². The number of aromatic amines is 1. The number of rotatable bonds is 9. The van der Waals surface area contributed by atoms with Crippen molar-refractivity contribution in [1.82, 2.24) is 15.4 Å². The second kappa shape index (κ2) is 9.85. The van der Waals surface area contributed by atoms with Crippen molar-refractivity contribution < 1.29 is 10.0 Å². The summed E-state index contributed by atoms with van der Waals surface area (Å²) >= 11 is 0. The Kier molecular flexibility index (Phi) is 6.97. The van der Waals surface area contributed by atoms with Crippen LogP contribution in [0, 0.1) is 0 Å². The quantitative estimate of drug-likeness (QED) is 0.262. The van der Waals surface area contributed by atoms with Crippen molar-refractivity contribution in [3.05, 3.63) is 77.5 Å². The van der Waals surface area contributed by atoms with Crippen LogP contribution in [0.25, 0.3) is 17.0 Å². The van der Waals surface area contributed by atoms with Gasteiger partial charge in [0, 0.05) is 49.4 Å². The van der Waals surface area contributed by atoms with Gasteiger partial charge in [0.2, 0.25) is 0 Å². The summed E-state index contributed by atoms with van der Waals surface area (Å²) in [7, 11) is 0. The number of nitrogens with one attached hydrogen (secondary N) is 2. The first-order chi connectivity index (χ1) is 13.7. The molecule has 1 amide bonds. The highest BCUT2D eigenvalue weighted by molar-refractivity contribution is 5.90. The lowest BCUT2D eigenvalue weighted by molar-refractivity contribution is -0.124. The summed E-state index contributed by atoms with van der Waals surface area (Å²) in [6, 6.07) is 16.4. The fourth-order valence-corrected chi connectivity index (χ4v) is 3.27. The largest absolute Gasteiger partial charge is 0.361 e. The number of benzene rings is 2. The van der Waals surface area contributed by atoms with E-state index in [4.69, 9.17) is 10.9 Å². The fraction of sp³-hybridized carbons (Fsp3) is 0.227. The van der Waals surface area contributed by atoms with Crippen LogP contribution in [-0.4, -0.2) is 40.6 Å². The van der Waals surface area contributed by atoms with Gasteiger partial charge in [-0.1, -0.05) is 42.5 Å². The lowest BCUT2D eigenvalue weighted by atomic mass is 10.1. The number of para-hydroxylation sites is 1. The molecule has 0 aliphatic heterocycles. The van der Waals surface area contributed by atoms with Gasteiger partial charge in [0.1, 0.15) is 0 Å². The number of aromatic nitrogens is 1. The summed E-state index contributed by atoms with van der Waals surface area (Å²) in [4.78, 5) is 16.7. The lowest BCUT2D eigenvalue weighted by Crippen LogP contribution is -2.31. The summed E-state index contributed by atoms with van der Waals surface area (Å²) in [5.41, 5.74) is 12.0. The molecular weight excluding hydrogens is 352 g/mol. The Hall–Kier alpha value is -2.93. The Labute approximate surface area is 164 Å². The normalized spacial score (nSPS) is 11.5. The highest BCUT2D eigenvalue weighted by Gasteiger charge is 2.08. The minimum Gasteiger partial charge on any atom is -0.361 e. The van der Waals surface area contributed by atoms with E-state index in [1.807, 2.05) is 30.3 Å². The van der Waals surface area contributed by atoms with Crippen LogP contribution < -0.4 is 11.2 Å². The van der Waals surface area contributed by atoms with Crippen LogP contribution in [0.3, 0.4) is 0 Å². The minimum atomic E-state index is -0.546. The third-order valence-corrected chi connectivity index (χ3v) is 4.74. The molecule has 0 fully saturated rings. The number of carbonyl (C=O) groups is 1. The van der Waals surface area contributed by atoms with E-state index in [1.165, 1.54) is 28.1 Å². The Morgan fingerprint density at radius 3 is 2.68 bits per heavy atom. The molecule has 1 aromatic heterocycles. The smallest absolute Gasteiger partial charge is 0.267 e. The third-order valence-electron chi connectivity index (χ3n) is 4.74. The van der Waals surface area contributed by atoms with E-state index >= 15 is 0 Å². The van der Waals surface area contributed by atoms with Gasteiger partial charge in [0.05, 0.1) is 0 Å². The van der Waals surface area contributed by atoms with Crippen LogP contribution >= 0.6 is 0 Å². The summed E-state index contributed by atoms with van der Waals surface area (Å²) in [5.74, 6) is -0.546. The number of amides is 1. The highest BCUT2D eigenvalue weighted by atomic mass is 16.5. The molecule has 5 N–H and O–H groups in total. The SMILES string of the molecule is NCCN(CCc1c[nH]c2ccccc12)Cc1ccc(C=CC(=O)NO)cc1. The Morgan fingerprint density at radius 2 is 1.93 bits per heavy atom. The maximum atomic E-state index is 11.1. The predicted molar refractivity (Wildman–Crippen MR) is 112 cm³/mol. The van der Waals surface area contributed by atoms with Gasteiger partial charge in [-0.25, -0.2) is 5.48 Å². The highest BCUT2D eigenvalue weighted by Crippen LogP contribution is 2.18. The van der Waals surface area contributed by atoms with Gasteiger partial charge >= 0.3 is 0 Å². The van der Waals surface area contributed by atoms with Crippen LogP contribution in [0.15, 0.2) is 60.8 Å². The lowest BCUT2D eigenvalue weighted by Gasteiger charge is -2.21. The molecule has 0 saturated carbocycles. The fourth-order valence-electron chi connectivity index (χ4n) is 3.27. The van der Waals surface area contributed by atoms with Crippen LogP contribution in [0.4, 0.5) is 0 Å². The van der Waals surface area contributed by atoms with Crippen LogP contribution in [0.1, 0.15) is 16.7 Å². The summed E-state index contributed by atoms with van der Waals surface area (Å²) < 4.78 is 0. The van der Waals surface area contributed by atoms with Crippen LogP contribution in [0.5, 0.6) is 0 Å². The molecule has 0 spiro atoms. The van der Waals surface area contributed by atoms with Crippen molar-refractivity contribution in [1.29, 1.82) is 0 Å². The first-order valence-electron chi connectivity index (χ1n) is 9.38. The zero-order chi connectivity index (χ0) is 19.8. The van der Waals surface area contributed by atoms with Crippen LogP contribution in [0.2, 0.25) is 0 Å². The summed E-state index contributed by atoms with van der Waals surface area (Å²) in [6.07, 6.45) is 6.00. The second-order valence-corrected chi connectivity index (χ2v) is 6.73. The standard InChI is InChI=1S/C22H26N4O2/c23-12-14-26(13-11-19-15-24-21-4-2-1-3-20(19)21)16-18-7-5-17(6-8-18)9-10-22(27)25-28/h1-10,15,24,28H,11-14,16,23H2,(H,25,27). The monoisotopic (exact) mass is 378 g/mol. The minimum absolute atomic E-state index is 0.546. The first-order valence-corrected chi connectivity index (χ1v) is 9.38. The van der Waals surface area contributed by atoms with E-state index in [2.05, 4.69) is 34.3 Å². The number of fused-ring (bicyclic) bond motifs is 1. The van der Waals surface area contributed by atoms with Crippen molar-refractivity contribution in [3.63, 3.8) is 0 Å². The van der Waals surface area contributed by atoms with Gasteiger partial charge in [-0.05, 0) is 35.3 Å².